The Balaban J connectivity index is 3.99. The van der Waals surface area contributed by atoms with E-state index < -0.39 is 0 Å². The summed E-state index contributed by atoms with van der Waals surface area (Å²) in [6, 6.07) is 0. The van der Waals surface area contributed by atoms with Crippen LogP contribution in [0, 0.1) is 5.92 Å². The van der Waals surface area contributed by atoms with E-state index in [1.807, 2.05) is 6.92 Å². The van der Waals surface area contributed by atoms with Crippen LogP contribution in [0.4, 0.5) is 0 Å². The van der Waals surface area contributed by atoms with E-state index in [-0.39, 0.29) is 17.9 Å². The second-order valence-corrected chi connectivity index (χ2v) is 5.12. The molecule has 0 amide bonds. The number of hydrogen-bond acceptors (Lipinski definition) is 4. The van der Waals surface area contributed by atoms with Gasteiger partial charge in [0.05, 0.1) is 19.1 Å². The summed E-state index contributed by atoms with van der Waals surface area (Å²) in [5, 5.41) is 0. The number of hydrogen-bond donors (Lipinski definition) is 0. The third-order valence-electron chi connectivity index (χ3n) is 3.17. The van der Waals surface area contributed by atoms with Gasteiger partial charge in [0.25, 0.3) is 0 Å². The van der Waals surface area contributed by atoms with Gasteiger partial charge >= 0.3 is 11.9 Å². The summed E-state index contributed by atoms with van der Waals surface area (Å²) < 4.78 is 10.3. The first-order valence-electron chi connectivity index (χ1n) is 7.97. The van der Waals surface area contributed by atoms with Crippen LogP contribution in [-0.4, -0.2) is 25.2 Å². The Morgan fingerprint density at radius 3 is 2.00 bits per heavy atom. The standard InChI is InChI=1S/C16H30O4/c1-4-7-12-19-15(17)11-10-14(9-6-3)16(18)20-13-8-5-2/h14H,4-13H2,1-3H3. The summed E-state index contributed by atoms with van der Waals surface area (Å²) in [6.07, 6.45) is 6.32. The van der Waals surface area contributed by atoms with Crippen LogP contribution in [0.2, 0.25) is 0 Å². The molecule has 0 aliphatic heterocycles. The molecule has 20 heavy (non-hydrogen) atoms. The Bertz CT molecular complexity index is 263. The lowest BCUT2D eigenvalue weighted by Gasteiger charge is -2.14. The molecule has 0 aliphatic carbocycles. The Morgan fingerprint density at radius 2 is 1.45 bits per heavy atom. The van der Waals surface area contributed by atoms with Crippen molar-refractivity contribution in [2.45, 2.75) is 72.1 Å². The molecule has 1 atom stereocenters. The highest BCUT2D eigenvalue weighted by Crippen LogP contribution is 2.16. The monoisotopic (exact) mass is 286 g/mol. The largest absolute Gasteiger partial charge is 0.466 e. The number of carbonyl (C=O) groups is 2. The number of esters is 2. The maximum atomic E-state index is 11.9. The molecule has 0 rings (SSSR count). The lowest BCUT2D eigenvalue weighted by atomic mass is 9.98. The van der Waals surface area contributed by atoms with Crippen LogP contribution < -0.4 is 0 Å². The van der Waals surface area contributed by atoms with E-state index in [1.54, 1.807) is 0 Å². The van der Waals surface area contributed by atoms with E-state index in [2.05, 4.69) is 13.8 Å². The van der Waals surface area contributed by atoms with Gasteiger partial charge in [-0.2, -0.15) is 0 Å². The fraction of sp³-hybridized carbons (Fsp3) is 0.875. The molecule has 0 fully saturated rings. The number of unbranched alkanes of at least 4 members (excludes halogenated alkanes) is 2. The first-order valence-corrected chi connectivity index (χ1v) is 7.97. The molecule has 0 aromatic rings. The normalized spacial score (nSPS) is 11.9. The lowest BCUT2D eigenvalue weighted by Crippen LogP contribution is -2.20. The second-order valence-electron chi connectivity index (χ2n) is 5.12. The van der Waals surface area contributed by atoms with Crippen LogP contribution in [0.1, 0.15) is 72.1 Å². The van der Waals surface area contributed by atoms with Gasteiger partial charge < -0.3 is 9.47 Å². The highest BCUT2D eigenvalue weighted by Gasteiger charge is 2.20. The third-order valence-corrected chi connectivity index (χ3v) is 3.17. The molecule has 0 bridgehead atoms. The van der Waals surface area contributed by atoms with Gasteiger partial charge in [0, 0.05) is 6.42 Å². The minimum Gasteiger partial charge on any atom is -0.466 e. The van der Waals surface area contributed by atoms with E-state index >= 15 is 0 Å². The van der Waals surface area contributed by atoms with E-state index in [9.17, 15) is 9.59 Å². The molecule has 0 aliphatic rings. The Hall–Kier alpha value is -1.06. The quantitative estimate of drug-likeness (QED) is 0.404. The Kier molecular flexibility index (Phi) is 12.3. The molecule has 118 valence electrons. The van der Waals surface area contributed by atoms with Crippen molar-refractivity contribution < 1.29 is 19.1 Å². The molecular formula is C16H30O4. The molecular weight excluding hydrogens is 256 g/mol. The highest BCUT2D eigenvalue weighted by molar-refractivity contribution is 5.74. The topological polar surface area (TPSA) is 52.6 Å². The molecule has 0 radical (unpaired) electrons. The zero-order valence-electron chi connectivity index (χ0n) is 13.3. The predicted molar refractivity (Wildman–Crippen MR) is 79.4 cm³/mol. The Morgan fingerprint density at radius 1 is 0.850 bits per heavy atom. The molecule has 0 spiro atoms. The predicted octanol–water partition coefficient (Wildman–Crippen LogP) is 3.87. The second kappa shape index (κ2) is 12.9. The average molecular weight is 286 g/mol. The van der Waals surface area contributed by atoms with Gasteiger partial charge in [-0.3, -0.25) is 9.59 Å². The molecule has 0 saturated carbocycles. The Labute approximate surface area is 123 Å². The third kappa shape index (κ3) is 9.82. The first-order chi connectivity index (χ1) is 9.65. The molecule has 0 aromatic carbocycles. The van der Waals surface area contributed by atoms with Gasteiger partial charge in [-0.1, -0.05) is 40.0 Å². The van der Waals surface area contributed by atoms with Gasteiger partial charge in [0.1, 0.15) is 0 Å². The van der Waals surface area contributed by atoms with Crippen LogP contribution in [0.3, 0.4) is 0 Å². The SMILES string of the molecule is CCCCOC(=O)CCC(CCC)C(=O)OCCCC. The summed E-state index contributed by atoms with van der Waals surface area (Å²) in [5.74, 6) is -0.543. The van der Waals surface area contributed by atoms with Crippen LogP contribution in [0.25, 0.3) is 0 Å². The smallest absolute Gasteiger partial charge is 0.308 e. The molecule has 0 N–H and O–H groups in total. The molecule has 4 heteroatoms. The summed E-state index contributed by atoms with van der Waals surface area (Å²) >= 11 is 0. The van der Waals surface area contributed by atoms with Crippen molar-refractivity contribution in [3.05, 3.63) is 0 Å². The zero-order chi connectivity index (χ0) is 15.2. The van der Waals surface area contributed by atoms with E-state index in [0.717, 1.165) is 38.5 Å². The van der Waals surface area contributed by atoms with E-state index in [4.69, 9.17) is 9.47 Å². The summed E-state index contributed by atoms with van der Waals surface area (Å²) in [4.78, 5) is 23.4. The molecule has 0 saturated heterocycles. The van der Waals surface area contributed by atoms with Crippen molar-refractivity contribution in [2.75, 3.05) is 13.2 Å². The maximum Gasteiger partial charge on any atom is 0.308 e. The van der Waals surface area contributed by atoms with E-state index in [0.29, 0.717) is 26.1 Å². The fourth-order valence-corrected chi connectivity index (χ4v) is 1.86. The van der Waals surface area contributed by atoms with Gasteiger partial charge in [-0.25, -0.2) is 0 Å². The first kappa shape index (κ1) is 18.9. The van der Waals surface area contributed by atoms with Crippen molar-refractivity contribution in [1.29, 1.82) is 0 Å². The van der Waals surface area contributed by atoms with Crippen molar-refractivity contribution in [3.8, 4) is 0 Å². The number of ether oxygens (including phenoxy) is 2. The molecule has 0 heterocycles. The van der Waals surface area contributed by atoms with Crippen molar-refractivity contribution >= 4 is 11.9 Å². The summed E-state index contributed by atoms with van der Waals surface area (Å²) in [5.41, 5.74) is 0. The van der Waals surface area contributed by atoms with Crippen molar-refractivity contribution in [2.24, 2.45) is 5.92 Å². The van der Waals surface area contributed by atoms with Gasteiger partial charge in [-0.05, 0) is 25.7 Å². The van der Waals surface area contributed by atoms with Crippen molar-refractivity contribution in [3.63, 3.8) is 0 Å². The molecule has 1 unspecified atom stereocenters. The minimum atomic E-state index is -0.207. The molecule has 0 aromatic heterocycles. The highest BCUT2D eigenvalue weighted by atomic mass is 16.5. The van der Waals surface area contributed by atoms with Gasteiger partial charge in [-0.15, -0.1) is 0 Å². The van der Waals surface area contributed by atoms with Crippen LogP contribution >= 0.6 is 0 Å². The van der Waals surface area contributed by atoms with Crippen LogP contribution in [0.15, 0.2) is 0 Å². The van der Waals surface area contributed by atoms with Crippen molar-refractivity contribution in [1.82, 2.24) is 0 Å². The van der Waals surface area contributed by atoms with E-state index in [1.165, 1.54) is 0 Å². The lowest BCUT2D eigenvalue weighted by molar-refractivity contribution is -0.150. The van der Waals surface area contributed by atoms with Gasteiger partial charge in [0.2, 0.25) is 0 Å². The number of carbonyl (C=O) groups excluding carboxylic acids is 2. The van der Waals surface area contributed by atoms with Crippen LogP contribution in [-0.2, 0) is 19.1 Å². The number of rotatable bonds is 12. The molecule has 4 nitrogen and oxygen atoms in total. The summed E-state index contributed by atoms with van der Waals surface area (Å²) in [7, 11) is 0. The minimum absolute atomic E-state index is 0.165. The van der Waals surface area contributed by atoms with Crippen LogP contribution in [0.5, 0.6) is 0 Å². The summed E-state index contributed by atoms with van der Waals surface area (Å²) in [6.45, 7) is 7.11. The zero-order valence-corrected chi connectivity index (χ0v) is 13.3. The van der Waals surface area contributed by atoms with Gasteiger partial charge in [0.15, 0.2) is 0 Å². The average Bonchev–Trinajstić information content (AvgIpc) is 2.43. The maximum absolute atomic E-state index is 11.9. The fourth-order valence-electron chi connectivity index (χ4n) is 1.86.